The largest absolute Gasteiger partial charge is 0.297 e. The lowest BCUT2D eigenvalue weighted by atomic mass is 9.35. The highest BCUT2D eigenvalue weighted by atomic mass is 14.8. The van der Waals surface area contributed by atoms with Crippen molar-refractivity contribution in [3.05, 3.63) is 0 Å². The molecule has 5 fully saturated rings. The van der Waals surface area contributed by atoms with Crippen LogP contribution in [0.15, 0.2) is 4.99 Å². The van der Waals surface area contributed by atoms with Gasteiger partial charge in [-0.1, -0.05) is 61.8 Å². The van der Waals surface area contributed by atoms with E-state index in [0.29, 0.717) is 21.7 Å². The van der Waals surface area contributed by atoms with Crippen molar-refractivity contribution in [2.75, 3.05) is 7.05 Å². The highest BCUT2D eigenvalue weighted by molar-refractivity contribution is 5.88. The Bertz CT molecular complexity index is 765. The Hall–Kier alpha value is -0.330. The summed E-state index contributed by atoms with van der Waals surface area (Å²) in [5.41, 5.74) is 3.62. The maximum absolute atomic E-state index is 4.86. The Morgan fingerprint density at radius 2 is 1.44 bits per heavy atom. The molecule has 0 aromatic carbocycles. The first kappa shape index (κ1) is 26.7. The number of hydrogen-bond donors (Lipinski definition) is 0. The van der Waals surface area contributed by atoms with Gasteiger partial charge in [0.25, 0.3) is 0 Å². The number of rotatable bonds is 2. The van der Waals surface area contributed by atoms with Gasteiger partial charge in [-0.2, -0.15) is 0 Å². The molecule has 5 aliphatic rings. The van der Waals surface area contributed by atoms with E-state index < -0.39 is 0 Å². The summed E-state index contributed by atoms with van der Waals surface area (Å²) in [6.45, 7) is 22.2. The zero-order chi connectivity index (χ0) is 25.1. The first-order valence-electron chi connectivity index (χ1n) is 15.5. The lowest BCUT2D eigenvalue weighted by Crippen LogP contribution is -2.62. The minimum absolute atomic E-state index is 0.448. The number of aliphatic imine (C=N–C) groups is 1. The summed E-state index contributed by atoms with van der Waals surface area (Å²) in [5.74, 6) is 6.57. The molecule has 5 aliphatic carbocycles. The van der Waals surface area contributed by atoms with Crippen LogP contribution < -0.4 is 0 Å². The van der Waals surface area contributed by atoms with E-state index in [1.54, 1.807) is 0 Å². The second-order valence-electron chi connectivity index (χ2n) is 14.5. The van der Waals surface area contributed by atoms with Gasteiger partial charge in [0.05, 0.1) is 0 Å². The second-order valence-corrected chi connectivity index (χ2v) is 14.5. The van der Waals surface area contributed by atoms with Crippen LogP contribution in [-0.2, 0) is 0 Å². The third-order valence-corrected chi connectivity index (χ3v) is 13.8. The van der Waals surface area contributed by atoms with Crippen LogP contribution in [0.25, 0.3) is 0 Å². The van der Waals surface area contributed by atoms with Crippen LogP contribution in [0.2, 0.25) is 0 Å². The molecule has 0 aromatic heterocycles. The first-order valence-corrected chi connectivity index (χ1v) is 15.5. The maximum Gasteiger partial charge on any atom is 0.0276 e. The van der Waals surface area contributed by atoms with Crippen LogP contribution in [0.4, 0.5) is 0 Å². The molecule has 34 heavy (non-hydrogen) atoms. The summed E-state index contributed by atoms with van der Waals surface area (Å²) in [4.78, 5) is 4.86. The van der Waals surface area contributed by atoms with E-state index in [0.717, 1.165) is 41.4 Å². The van der Waals surface area contributed by atoms with Crippen LogP contribution in [0.1, 0.15) is 133 Å². The van der Waals surface area contributed by atoms with Crippen LogP contribution in [0.5, 0.6) is 0 Å². The molecule has 0 spiro atoms. The fraction of sp³-hybridized carbons (Fsp3) is 0.970. The molecule has 5 saturated carbocycles. The zero-order valence-corrected chi connectivity index (χ0v) is 24.8. The highest BCUT2D eigenvalue weighted by Gasteiger charge is 2.66. The number of fused-ring (bicyclic) bond motifs is 7. The van der Waals surface area contributed by atoms with Crippen LogP contribution in [-0.4, -0.2) is 12.8 Å². The molecule has 0 saturated heterocycles. The van der Waals surface area contributed by atoms with E-state index in [-0.39, 0.29) is 0 Å². The van der Waals surface area contributed by atoms with Crippen molar-refractivity contribution in [1.29, 1.82) is 0 Å². The fourth-order valence-electron chi connectivity index (χ4n) is 11.9. The molecule has 0 N–H and O–H groups in total. The Balaban J connectivity index is 0.00000133. The molecule has 5 rings (SSSR count). The molecule has 10 atom stereocenters. The molecule has 1 nitrogen and oxygen atoms in total. The average Bonchev–Trinajstić information content (AvgIpc) is 3.22. The minimum Gasteiger partial charge on any atom is -0.297 e. The van der Waals surface area contributed by atoms with Crippen molar-refractivity contribution in [2.45, 2.75) is 133 Å². The van der Waals surface area contributed by atoms with E-state index in [1.807, 2.05) is 13.8 Å². The fourth-order valence-corrected chi connectivity index (χ4v) is 11.9. The van der Waals surface area contributed by atoms with Crippen LogP contribution in [0, 0.1) is 63.1 Å². The molecule has 0 amide bonds. The average molecular weight is 470 g/mol. The highest BCUT2D eigenvalue weighted by Crippen LogP contribution is 2.74. The summed E-state index contributed by atoms with van der Waals surface area (Å²) >= 11 is 0. The first-order chi connectivity index (χ1) is 16.1. The minimum atomic E-state index is 0.448. The van der Waals surface area contributed by atoms with E-state index in [2.05, 4.69) is 55.5 Å². The third-order valence-electron chi connectivity index (χ3n) is 13.8. The second kappa shape index (κ2) is 9.20. The normalized spacial score (nSPS) is 51.8. The topological polar surface area (TPSA) is 12.4 Å². The van der Waals surface area contributed by atoms with Crippen molar-refractivity contribution in [3.63, 3.8) is 0 Å². The monoisotopic (exact) mass is 469 g/mol. The van der Waals surface area contributed by atoms with Gasteiger partial charge in [-0.05, 0) is 129 Å². The van der Waals surface area contributed by atoms with Gasteiger partial charge in [0, 0.05) is 18.2 Å². The smallest absolute Gasteiger partial charge is 0.0276 e. The van der Waals surface area contributed by atoms with Crippen molar-refractivity contribution >= 4 is 5.71 Å². The Morgan fingerprint density at radius 1 is 0.794 bits per heavy atom. The Morgan fingerprint density at radius 3 is 2.09 bits per heavy atom. The maximum atomic E-state index is 4.86. The SMILES string of the molecule is CC.CCC1CCC2(C(C)=NC)CCC3C(CCC4C3(C)CCC3C(C)(C)C(C)CCC34C)C12. The van der Waals surface area contributed by atoms with Gasteiger partial charge in [-0.25, -0.2) is 0 Å². The molecule has 0 heterocycles. The van der Waals surface area contributed by atoms with Crippen LogP contribution >= 0.6 is 0 Å². The van der Waals surface area contributed by atoms with Crippen molar-refractivity contribution < 1.29 is 0 Å². The van der Waals surface area contributed by atoms with Gasteiger partial charge in [-0.15, -0.1) is 0 Å². The summed E-state index contributed by atoms with van der Waals surface area (Å²) in [7, 11) is 2.07. The molecule has 0 aliphatic heterocycles. The molecule has 0 aromatic rings. The molecular formula is C33H59N. The van der Waals surface area contributed by atoms with E-state index in [4.69, 9.17) is 4.99 Å². The zero-order valence-electron chi connectivity index (χ0n) is 24.8. The summed E-state index contributed by atoms with van der Waals surface area (Å²) in [6.07, 6.45) is 16.2. The lowest BCUT2D eigenvalue weighted by molar-refractivity contribution is -0.203. The van der Waals surface area contributed by atoms with Gasteiger partial charge < -0.3 is 0 Å². The molecule has 0 bridgehead atoms. The van der Waals surface area contributed by atoms with E-state index >= 15 is 0 Å². The summed E-state index contributed by atoms with van der Waals surface area (Å²) in [5, 5.41) is 0. The van der Waals surface area contributed by atoms with Crippen molar-refractivity contribution in [1.82, 2.24) is 0 Å². The van der Waals surface area contributed by atoms with Crippen LogP contribution in [0.3, 0.4) is 0 Å². The van der Waals surface area contributed by atoms with Gasteiger partial charge in [-0.3, -0.25) is 4.99 Å². The molecule has 0 radical (unpaired) electrons. The standard InChI is InChI=1S/C31H53N.C2H6/c1-9-22-13-18-31(21(3)32-8)19-14-24-23(27(22)31)10-11-26-29(24,6)17-15-25-28(4,5)20(2)12-16-30(25,26)7;1-2/h20,22-27H,9-19H2,1-8H3;1-2H3. The van der Waals surface area contributed by atoms with Crippen molar-refractivity contribution in [3.8, 4) is 0 Å². The van der Waals surface area contributed by atoms with Gasteiger partial charge in [0.1, 0.15) is 0 Å². The van der Waals surface area contributed by atoms with E-state index in [9.17, 15) is 0 Å². The van der Waals surface area contributed by atoms with Gasteiger partial charge in [0.15, 0.2) is 0 Å². The predicted molar refractivity (Wildman–Crippen MR) is 149 cm³/mol. The lowest BCUT2D eigenvalue weighted by Gasteiger charge is -2.69. The molecular weight excluding hydrogens is 410 g/mol. The number of nitrogens with zero attached hydrogens (tertiary/aromatic N) is 1. The predicted octanol–water partition coefficient (Wildman–Crippen LogP) is 9.84. The Labute approximate surface area is 213 Å². The molecule has 196 valence electrons. The molecule has 1 heteroatoms. The van der Waals surface area contributed by atoms with Crippen molar-refractivity contribution in [2.24, 2.45) is 68.1 Å². The number of hydrogen-bond acceptors (Lipinski definition) is 1. The third kappa shape index (κ3) is 3.47. The quantitative estimate of drug-likeness (QED) is 0.357. The van der Waals surface area contributed by atoms with Gasteiger partial charge in [0.2, 0.25) is 0 Å². The summed E-state index contributed by atoms with van der Waals surface area (Å²) < 4.78 is 0. The summed E-state index contributed by atoms with van der Waals surface area (Å²) in [6, 6.07) is 0. The van der Waals surface area contributed by atoms with Gasteiger partial charge >= 0.3 is 0 Å². The Kier molecular flexibility index (Phi) is 7.23. The van der Waals surface area contributed by atoms with E-state index in [1.165, 1.54) is 76.3 Å². The molecule has 10 unspecified atom stereocenters.